The first-order chi connectivity index (χ1) is 7.19. The molecule has 0 saturated heterocycles. The Morgan fingerprint density at radius 3 is 2.27 bits per heavy atom. The van der Waals surface area contributed by atoms with Crippen molar-refractivity contribution in [2.75, 3.05) is 32.0 Å². The molecule has 0 radical (unpaired) electrons. The van der Waals surface area contributed by atoms with E-state index >= 15 is 0 Å². The maximum Gasteiger partial charge on any atom is 0.0565 e. The second kappa shape index (κ2) is 9.46. The first-order valence-electron chi connectivity index (χ1n) is 5.89. The summed E-state index contributed by atoms with van der Waals surface area (Å²) in [6, 6.07) is 0.122. The van der Waals surface area contributed by atoms with Crippen molar-refractivity contribution < 1.29 is 5.11 Å². The molecule has 0 fully saturated rings. The third kappa shape index (κ3) is 6.40. The fraction of sp³-hybridized carbons (Fsp3) is 1.00. The van der Waals surface area contributed by atoms with Gasteiger partial charge >= 0.3 is 0 Å². The summed E-state index contributed by atoms with van der Waals surface area (Å²) >= 11 is 1.80. The van der Waals surface area contributed by atoms with Crippen LogP contribution in [0.5, 0.6) is 0 Å². The van der Waals surface area contributed by atoms with E-state index in [1.165, 1.54) is 0 Å². The molecule has 0 aliphatic carbocycles. The van der Waals surface area contributed by atoms with Gasteiger partial charge in [-0.1, -0.05) is 20.8 Å². The summed E-state index contributed by atoms with van der Waals surface area (Å²) in [6.07, 6.45) is 0.934. The van der Waals surface area contributed by atoms with Crippen LogP contribution in [0.25, 0.3) is 0 Å². The number of aliphatic hydroxyl groups excluding tert-OH is 1. The summed E-state index contributed by atoms with van der Waals surface area (Å²) < 4.78 is 0. The zero-order chi connectivity index (χ0) is 11.7. The quantitative estimate of drug-likeness (QED) is 0.628. The molecular weight excluding hydrogens is 208 g/mol. The number of thioether (sulfide) groups is 1. The highest BCUT2D eigenvalue weighted by atomic mass is 32.2. The van der Waals surface area contributed by atoms with Gasteiger partial charge in [-0.2, -0.15) is 11.8 Å². The lowest BCUT2D eigenvalue weighted by Crippen LogP contribution is -2.35. The number of hydrogen-bond donors (Lipinski definition) is 2. The standard InChI is InChI=1S/C11H26N2OS/c1-4-10(12)11(9-14)15-8-7-13(5-2)6-3/h10-11,14H,4-9,12H2,1-3H3. The normalized spacial score (nSPS) is 15.6. The molecule has 0 bridgehead atoms. The molecule has 92 valence electrons. The lowest BCUT2D eigenvalue weighted by atomic mass is 10.2. The van der Waals surface area contributed by atoms with Gasteiger partial charge < -0.3 is 15.7 Å². The maximum atomic E-state index is 9.19. The van der Waals surface area contributed by atoms with E-state index in [1.807, 2.05) is 0 Å². The SMILES string of the molecule is CCC(N)C(CO)SCCN(CC)CC. The van der Waals surface area contributed by atoms with Crippen molar-refractivity contribution in [3.8, 4) is 0 Å². The van der Waals surface area contributed by atoms with Gasteiger partial charge in [0.1, 0.15) is 0 Å². The summed E-state index contributed by atoms with van der Waals surface area (Å²) in [7, 11) is 0. The predicted molar refractivity (Wildman–Crippen MR) is 69.4 cm³/mol. The van der Waals surface area contributed by atoms with Crippen molar-refractivity contribution >= 4 is 11.8 Å². The van der Waals surface area contributed by atoms with Crippen molar-refractivity contribution in [2.24, 2.45) is 5.73 Å². The Hall–Kier alpha value is 0.230. The zero-order valence-corrected chi connectivity index (χ0v) is 11.1. The van der Waals surface area contributed by atoms with Crippen molar-refractivity contribution in [2.45, 2.75) is 38.5 Å². The van der Waals surface area contributed by atoms with Gasteiger partial charge in [-0.3, -0.25) is 0 Å². The molecule has 0 saturated carbocycles. The van der Waals surface area contributed by atoms with E-state index in [2.05, 4.69) is 25.7 Å². The van der Waals surface area contributed by atoms with Gasteiger partial charge in [0.25, 0.3) is 0 Å². The van der Waals surface area contributed by atoms with Crippen molar-refractivity contribution in [1.29, 1.82) is 0 Å². The van der Waals surface area contributed by atoms with Crippen LogP contribution in [0.15, 0.2) is 0 Å². The summed E-state index contributed by atoms with van der Waals surface area (Å²) in [5, 5.41) is 9.39. The maximum absolute atomic E-state index is 9.19. The Bertz CT molecular complexity index is 143. The van der Waals surface area contributed by atoms with E-state index < -0.39 is 0 Å². The average Bonchev–Trinajstić information content (AvgIpc) is 2.28. The Balaban J connectivity index is 3.71. The van der Waals surface area contributed by atoms with Crippen LogP contribution in [0.3, 0.4) is 0 Å². The number of hydrogen-bond acceptors (Lipinski definition) is 4. The second-order valence-corrected chi connectivity index (χ2v) is 5.04. The van der Waals surface area contributed by atoms with Crippen LogP contribution < -0.4 is 5.73 Å². The third-order valence-corrected chi connectivity index (χ3v) is 4.11. The van der Waals surface area contributed by atoms with Crippen LogP contribution in [0, 0.1) is 0 Å². The minimum atomic E-state index is 0.122. The van der Waals surface area contributed by atoms with Crippen LogP contribution in [-0.4, -0.2) is 53.3 Å². The first kappa shape index (κ1) is 15.2. The summed E-state index contributed by atoms with van der Waals surface area (Å²) in [5.74, 6) is 1.06. The fourth-order valence-corrected chi connectivity index (χ4v) is 2.66. The summed E-state index contributed by atoms with van der Waals surface area (Å²) in [6.45, 7) is 9.90. The lowest BCUT2D eigenvalue weighted by molar-refractivity contribution is 0.280. The van der Waals surface area contributed by atoms with E-state index in [4.69, 9.17) is 5.73 Å². The molecule has 4 heteroatoms. The fourth-order valence-electron chi connectivity index (χ4n) is 1.45. The molecule has 0 aliphatic heterocycles. The third-order valence-electron chi connectivity index (χ3n) is 2.76. The van der Waals surface area contributed by atoms with E-state index in [-0.39, 0.29) is 17.9 Å². The van der Waals surface area contributed by atoms with Crippen LogP contribution in [0.4, 0.5) is 0 Å². The smallest absolute Gasteiger partial charge is 0.0565 e. The molecule has 0 aromatic rings. The van der Waals surface area contributed by atoms with Gasteiger partial charge in [-0.05, 0) is 19.5 Å². The topological polar surface area (TPSA) is 49.5 Å². The minimum Gasteiger partial charge on any atom is -0.395 e. The molecule has 3 nitrogen and oxygen atoms in total. The van der Waals surface area contributed by atoms with E-state index in [0.717, 1.165) is 31.8 Å². The minimum absolute atomic E-state index is 0.122. The van der Waals surface area contributed by atoms with E-state index in [9.17, 15) is 5.11 Å². The molecule has 3 N–H and O–H groups in total. The van der Waals surface area contributed by atoms with Gasteiger partial charge in [0, 0.05) is 23.6 Å². The van der Waals surface area contributed by atoms with Gasteiger partial charge in [-0.15, -0.1) is 0 Å². The van der Waals surface area contributed by atoms with Crippen molar-refractivity contribution in [1.82, 2.24) is 4.90 Å². The molecule has 0 amide bonds. The Morgan fingerprint density at radius 1 is 1.27 bits per heavy atom. The summed E-state index contributed by atoms with van der Waals surface area (Å²) in [4.78, 5) is 2.39. The van der Waals surface area contributed by atoms with E-state index in [1.54, 1.807) is 11.8 Å². The van der Waals surface area contributed by atoms with Crippen LogP contribution in [-0.2, 0) is 0 Å². The highest BCUT2D eigenvalue weighted by Crippen LogP contribution is 2.15. The van der Waals surface area contributed by atoms with Crippen molar-refractivity contribution in [3.63, 3.8) is 0 Å². The van der Waals surface area contributed by atoms with Gasteiger partial charge in [0.05, 0.1) is 6.61 Å². The highest BCUT2D eigenvalue weighted by molar-refractivity contribution is 8.00. The molecule has 0 heterocycles. The van der Waals surface area contributed by atoms with Gasteiger partial charge in [0.15, 0.2) is 0 Å². The molecule has 2 unspecified atom stereocenters. The Labute approximate surface area is 98.4 Å². The highest BCUT2D eigenvalue weighted by Gasteiger charge is 2.15. The second-order valence-electron chi connectivity index (χ2n) is 3.69. The number of rotatable bonds is 9. The van der Waals surface area contributed by atoms with Crippen molar-refractivity contribution in [3.05, 3.63) is 0 Å². The van der Waals surface area contributed by atoms with Crippen LogP contribution >= 0.6 is 11.8 Å². The zero-order valence-electron chi connectivity index (χ0n) is 10.3. The van der Waals surface area contributed by atoms with Crippen LogP contribution in [0.1, 0.15) is 27.2 Å². The predicted octanol–water partition coefficient (Wildman–Crippen LogP) is 1.16. The summed E-state index contributed by atoms with van der Waals surface area (Å²) in [5.41, 5.74) is 5.92. The number of nitrogens with two attached hydrogens (primary N) is 1. The van der Waals surface area contributed by atoms with Gasteiger partial charge in [-0.25, -0.2) is 0 Å². The molecule has 0 aromatic carbocycles. The van der Waals surface area contributed by atoms with Crippen LogP contribution in [0.2, 0.25) is 0 Å². The van der Waals surface area contributed by atoms with E-state index in [0.29, 0.717) is 0 Å². The Kier molecular flexibility index (Phi) is 9.60. The average molecular weight is 234 g/mol. The molecule has 0 spiro atoms. The monoisotopic (exact) mass is 234 g/mol. The largest absolute Gasteiger partial charge is 0.395 e. The molecule has 2 atom stereocenters. The first-order valence-corrected chi connectivity index (χ1v) is 6.94. The molecule has 0 aliphatic rings. The lowest BCUT2D eigenvalue weighted by Gasteiger charge is -2.22. The Morgan fingerprint density at radius 2 is 1.87 bits per heavy atom. The number of aliphatic hydroxyl groups is 1. The van der Waals surface area contributed by atoms with Gasteiger partial charge in [0.2, 0.25) is 0 Å². The molecular formula is C11H26N2OS. The molecule has 0 aromatic heterocycles. The molecule has 15 heavy (non-hydrogen) atoms. The molecule has 0 rings (SSSR count). The number of nitrogens with zero attached hydrogens (tertiary/aromatic N) is 1.